The van der Waals surface area contributed by atoms with E-state index in [2.05, 4.69) is 14.8 Å². The fourth-order valence-corrected chi connectivity index (χ4v) is 4.29. The lowest BCUT2D eigenvalue weighted by molar-refractivity contribution is 0.0973. The number of rotatable bonds is 5. The summed E-state index contributed by atoms with van der Waals surface area (Å²) in [6.07, 6.45) is 7.67. The Kier molecular flexibility index (Phi) is 3.61. The number of fused-ring (bicyclic) bond motifs is 1. The van der Waals surface area contributed by atoms with Gasteiger partial charge in [-0.15, -0.1) is 0 Å². The largest absolute Gasteiger partial charge is 0.383 e. The molecule has 0 unspecified atom stereocenters. The van der Waals surface area contributed by atoms with Crippen LogP contribution in [0.15, 0.2) is 24.8 Å². The van der Waals surface area contributed by atoms with Crippen LogP contribution in [0.25, 0.3) is 5.52 Å². The van der Waals surface area contributed by atoms with E-state index in [0.717, 1.165) is 6.42 Å². The Bertz CT molecular complexity index is 810. The van der Waals surface area contributed by atoms with Gasteiger partial charge in [-0.25, -0.2) is 17.7 Å². The standard InChI is InChI=1S/C13H16N4O4S/c1-21-9-13(3-2-4-13)22(19,20)16-12(18)10-7-15-17-6-5-14-8-11(10)17/h5-8H,2-4,9H2,1H3,(H,16,18). The number of carbonyl (C=O) groups excluding carboxylic acids is 1. The molecule has 2 aromatic rings. The zero-order valence-electron chi connectivity index (χ0n) is 12.0. The summed E-state index contributed by atoms with van der Waals surface area (Å²) in [6, 6.07) is 0. The summed E-state index contributed by atoms with van der Waals surface area (Å²) < 4.78 is 32.6. The van der Waals surface area contributed by atoms with Crippen LogP contribution in [0.4, 0.5) is 0 Å². The fourth-order valence-electron chi connectivity index (χ4n) is 2.62. The highest BCUT2D eigenvalue weighted by Gasteiger charge is 2.50. The van der Waals surface area contributed by atoms with Crippen LogP contribution in [0, 0.1) is 0 Å². The normalized spacial score (nSPS) is 17.1. The monoisotopic (exact) mass is 324 g/mol. The van der Waals surface area contributed by atoms with Crippen molar-refractivity contribution in [3.05, 3.63) is 30.4 Å². The number of nitrogens with one attached hydrogen (secondary N) is 1. The second-order valence-electron chi connectivity index (χ2n) is 5.37. The van der Waals surface area contributed by atoms with Crippen molar-refractivity contribution in [1.82, 2.24) is 19.3 Å². The van der Waals surface area contributed by atoms with E-state index in [4.69, 9.17) is 4.74 Å². The minimum absolute atomic E-state index is 0.0753. The van der Waals surface area contributed by atoms with E-state index in [9.17, 15) is 13.2 Å². The van der Waals surface area contributed by atoms with Crippen LogP contribution < -0.4 is 4.72 Å². The summed E-state index contributed by atoms with van der Waals surface area (Å²) in [5.74, 6) is -0.703. The molecule has 22 heavy (non-hydrogen) atoms. The molecule has 0 aliphatic heterocycles. The first-order valence-electron chi connectivity index (χ1n) is 6.82. The molecule has 3 rings (SSSR count). The van der Waals surface area contributed by atoms with E-state index < -0.39 is 20.7 Å². The number of aromatic nitrogens is 3. The lowest BCUT2D eigenvalue weighted by Crippen LogP contribution is -2.55. The fraction of sp³-hybridized carbons (Fsp3) is 0.462. The summed E-state index contributed by atoms with van der Waals surface area (Å²) in [5.41, 5.74) is 0.619. The molecular formula is C13H16N4O4S. The molecule has 0 saturated heterocycles. The van der Waals surface area contributed by atoms with Gasteiger partial charge in [0.1, 0.15) is 4.75 Å². The molecule has 0 radical (unpaired) electrons. The van der Waals surface area contributed by atoms with Crippen LogP contribution in [0.3, 0.4) is 0 Å². The quantitative estimate of drug-likeness (QED) is 0.852. The van der Waals surface area contributed by atoms with Crippen molar-refractivity contribution in [3.8, 4) is 0 Å². The number of hydrogen-bond acceptors (Lipinski definition) is 6. The number of methoxy groups -OCH3 is 1. The second-order valence-corrected chi connectivity index (χ2v) is 7.45. The average molecular weight is 324 g/mol. The first-order chi connectivity index (χ1) is 10.5. The van der Waals surface area contributed by atoms with Crippen LogP contribution in [0.2, 0.25) is 0 Å². The zero-order chi connectivity index (χ0) is 15.8. The van der Waals surface area contributed by atoms with Crippen LogP contribution in [-0.4, -0.2) is 47.4 Å². The van der Waals surface area contributed by atoms with E-state index in [1.807, 2.05) is 0 Å². The predicted molar refractivity (Wildman–Crippen MR) is 77.8 cm³/mol. The number of sulfonamides is 1. The first kappa shape index (κ1) is 14.9. The summed E-state index contributed by atoms with van der Waals surface area (Å²) in [5, 5.41) is 4.00. The highest BCUT2D eigenvalue weighted by molar-refractivity contribution is 7.91. The van der Waals surface area contributed by atoms with Crippen LogP contribution >= 0.6 is 0 Å². The summed E-state index contributed by atoms with van der Waals surface area (Å²) >= 11 is 0. The van der Waals surface area contributed by atoms with E-state index in [0.29, 0.717) is 18.4 Å². The van der Waals surface area contributed by atoms with E-state index in [1.165, 1.54) is 30.2 Å². The Balaban J connectivity index is 1.87. The third kappa shape index (κ3) is 2.26. The Morgan fingerprint density at radius 1 is 1.45 bits per heavy atom. The predicted octanol–water partition coefficient (Wildman–Crippen LogP) is 0.358. The lowest BCUT2D eigenvalue weighted by Gasteiger charge is -2.39. The van der Waals surface area contributed by atoms with Crippen LogP contribution in [0.5, 0.6) is 0 Å². The Morgan fingerprint density at radius 3 is 2.86 bits per heavy atom. The third-order valence-electron chi connectivity index (χ3n) is 4.04. The minimum Gasteiger partial charge on any atom is -0.383 e. The number of hydrogen-bond donors (Lipinski definition) is 1. The molecule has 1 N–H and O–H groups in total. The number of ether oxygens (including phenoxy) is 1. The van der Waals surface area contributed by atoms with Crippen molar-refractivity contribution in [3.63, 3.8) is 0 Å². The van der Waals surface area contributed by atoms with Gasteiger partial charge in [-0.05, 0) is 19.3 Å². The number of nitrogens with zero attached hydrogens (tertiary/aromatic N) is 3. The molecule has 0 bridgehead atoms. The van der Waals surface area contributed by atoms with Crippen molar-refractivity contribution >= 4 is 21.4 Å². The van der Waals surface area contributed by atoms with Crippen LogP contribution in [-0.2, 0) is 14.8 Å². The van der Waals surface area contributed by atoms with Gasteiger partial charge >= 0.3 is 0 Å². The highest BCUT2D eigenvalue weighted by atomic mass is 32.2. The third-order valence-corrected chi connectivity index (χ3v) is 6.16. The van der Waals surface area contributed by atoms with E-state index in [1.54, 1.807) is 6.20 Å². The smallest absolute Gasteiger partial charge is 0.268 e. The number of carbonyl (C=O) groups is 1. The highest BCUT2D eigenvalue weighted by Crippen LogP contribution is 2.39. The van der Waals surface area contributed by atoms with Crippen LogP contribution in [0.1, 0.15) is 29.6 Å². The molecule has 0 spiro atoms. The van der Waals surface area contributed by atoms with E-state index in [-0.39, 0.29) is 12.2 Å². The van der Waals surface area contributed by atoms with Crippen molar-refractivity contribution in [2.45, 2.75) is 24.0 Å². The Labute approximate surface area is 127 Å². The Hall–Kier alpha value is -2.00. The number of amides is 1. The van der Waals surface area contributed by atoms with Gasteiger partial charge in [-0.2, -0.15) is 5.10 Å². The molecule has 1 amide bonds. The lowest BCUT2D eigenvalue weighted by atomic mass is 9.85. The molecule has 1 aliphatic carbocycles. The maximum atomic E-state index is 12.5. The van der Waals surface area contributed by atoms with Crippen molar-refractivity contribution in [2.24, 2.45) is 0 Å². The molecule has 0 atom stereocenters. The van der Waals surface area contributed by atoms with Gasteiger partial charge in [0.25, 0.3) is 5.91 Å². The second kappa shape index (κ2) is 5.33. The van der Waals surface area contributed by atoms with Gasteiger partial charge in [0.15, 0.2) is 0 Å². The van der Waals surface area contributed by atoms with E-state index >= 15 is 0 Å². The summed E-state index contributed by atoms with van der Waals surface area (Å²) in [4.78, 5) is 16.2. The molecule has 1 aliphatic rings. The van der Waals surface area contributed by atoms with Gasteiger partial charge in [0.05, 0.1) is 30.1 Å². The zero-order valence-corrected chi connectivity index (χ0v) is 12.8. The average Bonchev–Trinajstić information content (AvgIpc) is 2.86. The summed E-state index contributed by atoms with van der Waals surface area (Å²) in [7, 11) is -2.37. The van der Waals surface area contributed by atoms with Gasteiger partial charge in [0, 0.05) is 19.5 Å². The van der Waals surface area contributed by atoms with Gasteiger partial charge in [0.2, 0.25) is 10.0 Å². The molecule has 1 saturated carbocycles. The molecule has 0 aromatic carbocycles. The molecule has 8 nitrogen and oxygen atoms in total. The summed E-state index contributed by atoms with van der Waals surface area (Å²) in [6.45, 7) is 0.0753. The molecule has 2 heterocycles. The molecule has 1 fully saturated rings. The Morgan fingerprint density at radius 2 is 2.23 bits per heavy atom. The van der Waals surface area contributed by atoms with Gasteiger partial charge < -0.3 is 4.74 Å². The van der Waals surface area contributed by atoms with Crippen molar-refractivity contribution in [1.29, 1.82) is 0 Å². The molecule has 118 valence electrons. The topological polar surface area (TPSA) is 103 Å². The van der Waals surface area contributed by atoms with Crippen molar-refractivity contribution in [2.75, 3.05) is 13.7 Å². The van der Waals surface area contributed by atoms with Gasteiger partial charge in [-0.3, -0.25) is 9.78 Å². The SMILES string of the molecule is COCC1(S(=O)(=O)NC(=O)c2cnn3ccncc23)CCC1. The molecule has 9 heteroatoms. The maximum absolute atomic E-state index is 12.5. The minimum atomic E-state index is -3.82. The van der Waals surface area contributed by atoms with Gasteiger partial charge in [-0.1, -0.05) is 0 Å². The maximum Gasteiger partial charge on any atom is 0.268 e. The van der Waals surface area contributed by atoms with Crippen molar-refractivity contribution < 1.29 is 17.9 Å². The molecule has 2 aromatic heterocycles. The molecular weight excluding hydrogens is 308 g/mol. The first-order valence-corrected chi connectivity index (χ1v) is 8.30.